The molecule has 71 heavy (non-hydrogen) atoms. The molecule has 2 aromatic carbocycles. The number of nitrogens with zero attached hydrogens (tertiary/aromatic N) is 4. The van der Waals surface area contributed by atoms with E-state index in [-0.39, 0.29) is 57.6 Å². The first-order chi connectivity index (χ1) is 34.2. The van der Waals surface area contributed by atoms with Crippen LogP contribution in [0.2, 0.25) is 0 Å². The first-order valence-electron chi connectivity index (χ1n) is 24.2. The van der Waals surface area contributed by atoms with Crippen molar-refractivity contribution in [3.05, 3.63) is 81.9 Å². The molecule has 394 valence electrons. The average Bonchev–Trinajstić information content (AvgIpc) is 4.07. The van der Waals surface area contributed by atoms with Crippen LogP contribution in [-0.2, 0) is 60.9 Å². The zero-order chi connectivity index (χ0) is 52.0. The summed E-state index contributed by atoms with van der Waals surface area (Å²) in [7, 11) is 1.84. The fraction of sp³-hybridized carbons (Fsp3) is 0.604. The molecule has 4 rings (SSSR count). The molecule has 6 unspecified atom stereocenters. The zero-order valence-electron chi connectivity index (χ0n) is 41.2. The lowest BCUT2D eigenvalue weighted by molar-refractivity contribution is -0.485. The summed E-state index contributed by atoms with van der Waals surface area (Å²) in [6.45, 7) is 6.62. The Balaban J connectivity index is 0.000000977. The van der Waals surface area contributed by atoms with Gasteiger partial charge in [-0.25, -0.2) is 19.7 Å². The highest BCUT2D eigenvalue weighted by Gasteiger charge is 2.44. The Morgan fingerprint density at radius 2 is 1.45 bits per heavy atom. The number of hydrogen-bond donors (Lipinski definition) is 7. The van der Waals surface area contributed by atoms with E-state index in [0.717, 1.165) is 30.5 Å². The predicted octanol–water partition coefficient (Wildman–Crippen LogP) is 1.39. The molecule has 2 aromatic rings. The molecule has 6 atom stereocenters. The van der Waals surface area contributed by atoms with E-state index in [2.05, 4.69) is 26.4 Å². The number of ether oxygens (including phenoxy) is 4. The zero-order valence-corrected chi connectivity index (χ0v) is 41.2. The third-order valence-corrected chi connectivity index (χ3v) is 11.6. The number of amides is 4. The molecule has 4 amide bonds. The van der Waals surface area contributed by atoms with Crippen LogP contribution in [0.4, 0.5) is 0 Å². The minimum Gasteiger partial charge on any atom is -0.480 e. The van der Waals surface area contributed by atoms with E-state index < -0.39 is 71.1 Å². The van der Waals surface area contributed by atoms with Gasteiger partial charge < -0.3 is 66.6 Å². The Bertz CT molecular complexity index is 1980. The Hall–Kier alpha value is -6.27. The second-order valence-electron chi connectivity index (χ2n) is 17.1. The summed E-state index contributed by atoms with van der Waals surface area (Å²) in [4.78, 5) is 92.6. The number of carboxylic acid groups (broad SMARTS) is 1. The molecule has 0 radical (unpaired) electrons. The summed E-state index contributed by atoms with van der Waals surface area (Å²) in [6.07, 6.45) is 4.32. The number of likely N-dealkylation sites (tertiary alicyclic amines) is 2. The third-order valence-electron chi connectivity index (χ3n) is 11.6. The number of nitro groups is 1. The smallest absolute Gasteiger partial charge is 0.329 e. The van der Waals surface area contributed by atoms with Crippen molar-refractivity contribution in [1.82, 2.24) is 31.1 Å². The number of aliphatic carboxylic acids is 1. The van der Waals surface area contributed by atoms with E-state index in [0.29, 0.717) is 64.9 Å². The molecule has 9 N–H and O–H groups in total. The van der Waals surface area contributed by atoms with Gasteiger partial charge in [0.05, 0.1) is 32.5 Å². The number of hydrazone groups is 1. The number of benzene rings is 2. The lowest BCUT2D eigenvalue weighted by atomic mass is 10.0. The van der Waals surface area contributed by atoms with Crippen LogP contribution in [0, 0.1) is 10.1 Å². The molecule has 2 aliphatic heterocycles. The van der Waals surface area contributed by atoms with Gasteiger partial charge in [0.2, 0.25) is 23.6 Å². The summed E-state index contributed by atoms with van der Waals surface area (Å²) >= 11 is 0. The average molecular weight is 999 g/mol. The van der Waals surface area contributed by atoms with Crippen molar-refractivity contribution in [2.24, 2.45) is 16.6 Å². The molecule has 0 bridgehead atoms. The molecular weight excluding hydrogens is 925 g/mol. The highest BCUT2D eigenvalue weighted by Crippen LogP contribution is 2.27. The van der Waals surface area contributed by atoms with Gasteiger partial charge in [0.15, 0.2) is 5.03 Å². The summed E-state index contributed by atoms with van der Waals surface area (Å²) < 4.78 is 21.2. The summed E-state index contributed by atoms with van der Waals surface area (Å²) in [6, 6.07) is 13.7. The van der Waals surface area contributed by atoms with Crippen molar-refractivity contribution < 1.29 is 57.9 Å². The number of esters is 1. The van der Waals surface area contributed by atoms with Gasteiger partial charge in [-0.3, -0.25) is 19.2 Å². The number of nitrogens with one attached hydrogen (secondary N) is 4. The lowest BCUT2D eigenvalue weighted by Gasteiger charge is -2.33. The monoisotopic (exact) mass is 999 g/mol. The molecule has 2 heterocycles. The van der Waals surface area contributed by atoms with Crippen LogP contribution < -0.4 is 32.7 Å². The van der Waals surface area contributed by atoms with Crippen LogP contribution in [0.3, 0.4) is 0 Å². The predicted molar refractivity (Wildman–Crippen MR) is 261 cm³/mol. The first-order valence-corrected chi connectivity index (χ1v) is 24.2. The summed E-state index contributed by atoms with van der Waals surface area (Å²) in [5, 5.41) is 32.0. The number of likely N-dealkylation sites (N-methyl/N-ethyl adjacent to an activating group) is 1. The maximum absolute atomic E-state index is 14.3. The Morgan fingerprint density at radius 1 is 0.831 bits per heavy atom. The molecule has 2 aliphatic rings. The number of carbonyl (C=O) groups is 6. The minimum absolute atomic E-state index is 0.0286. The van der Waals surface area contributed by atoms with E-state index >= 15 is 0 Å². The number of carboxylic acids is 1. The molecule has 2 saturated heterocycles. The normalized spacial score (nSPS) is 17.2. The lowest BCUT2D eigenvalue weighted by Crippen LogP contribution is -2.58. The second kappa shape index (κ2) is 33.3. The quantitative estimate of drug-likeness (QED) is 0.0145. The third kappa shape index (κ3) is 22.1. The van der Waals surface area contributed by atoms with Crippen LogP contribution >= 0.6 is 0 Å². The Labute approximate surface area is 415 Å². The summed E-state index contributed by atoms with van der Waals surface area (Å²) in [5.41, 5.74) is 13.5. The van der Waals surface area contributed by atoms with Crippen molar-refractivity contribution in [3.63, 3.8) is 0 Å². The largest absolute Gasteiger partial charge is 0.480 e. The number of guanidine groups is 1. The Morgan fingerprint density at radius 3 is 2.08 bits per heavy atom. The van der Waals surface area contributed by atoms with E-state index in [1.807, 2.05) is 50.4 Å². The van der Waals surface area contributed by atoms with Crippen LogP contribution in [-0.4, -0.2) is 157 Å². The summed E-state index contributed by atoms with van der Waals surface area (Å²) in [5.74, 6) is -3.87. The van der Waals surface area contributed by atoms with Crippen molar-refractivity contribution >= 4 is 41.5 Å². The highest BCUT2D eigenvalue weighted by molar-refractivity contribution is 5.96. The maximum atomic E-state index is 14.3. The molecule has 0 aromatic heterocycles. The highest BCUT2D eigenvalue weighted by atomic mass is 16.7. The minimum atomic E-state index is -1.10. The van der Waals surface area contributed by atoms with E-state index in [9.17, 15) is 38.9 Å². The van der Waals surface area contributed by atoms with Gasteiger partial charge in [0.25, 0.3) is 5.96 Å². The fourth-order valence-electron chi connectivity index (χ4n) is 7.77. The standard InChI is InChI=1S/C41H59N9O9.C7H15NO4/c1-3-4-7-19-31(45-37(52)35(42)28(2)58-26-29-15-8-5-9-16-29)38(53)49-25-14-22-34(49)39(54)48-24-13-21-33(48)36(51)46-32(20-12-23-44-41(43)47-50(56)57)40(55)59-27-30-17-10-6-11-18-30;1-8-2-3-11-4-5-12-6-7(9)10/h5-6,8-11,15-18,28,31-35H,3-4,7,12-14,19-27,42H2,1-2H3,(H,45,52)(H,46,51)(H3,43,44,47);8H,2-6H2,1H3,(H,9,10). The van der Waals surface area contributed by atoms with Crippen molar-refractivity contribution in [2.45, 2.75) is 128 Å². The molecule has 0 spiro atoms. The van der Waals surface area contributed by atoms with Crippen LogP contribution in [0.1, 0.15) is 89.2 Å². The number of rotatable bonds is 30. The van der Waals surface area contributed by atoms with Crippen molar-refractivity contribution in [1.29, 1.82) is 0 Å². The first kappa shape index (κ1) is 59.0. The molecule has 0 aliphatic carbocycles. The maximum Gasteiger partial charge on any atom is 0.329 e. The molecule has 2 fully saturated rings. The second-order valence-corrected chi connectivity index (χ2v) is 17.1. The van der Waals surface area contributed by atoms with Gasteiger partial charge in [0, 0.05) is 26.2 Å². The van der Waals surface area contributed by atoms with E-state index in [1.54, 1.807) is 31.2 Å². The van der Waals surface area contributed by atoms with Gasteiger partial charge in [0.1, 0.15) is 48.5 Å². The Kier molecular flexibility index (Phi) is 27.7. The van der Waals surface area contributed by atoms with Gasteiger partial charge >= 0.3 is 11.9 Å². The number of hydrogen-bond acceptors (Lipinski definition) is 14. The van der Waals surface area contributed by atoms with Crippen molar-refractivity contribution in [2.75, 3.05) is 59.7 Å². The van der Waals surface area contributed by atoms with Gasteiger partial charge in [-0.05, 0) is 70.0 Å². The fourth-order valence-corrected chi connectivity index (χ4v) is 7.77. The topological polar surface area (TPSA) is 322 Å². The molecular formula is C48H74N10O13. The van der Waals surface area contributed by atoms with Gasteiger partial charge in [-0.15, -0.1) is 0 Å². The van der Waals surface area contributed by atoms with Gasteiger partial charge in [-0.1, -0.05) is 86.8 Å². The number of nitrogens with two attached hydrogens (primary N) is 2. The van der Waals surface area contributed by atoms with Crippen LogP contribution in [0.25, 0.3) is 0 Å². The number of unbranched alkanes of at least 4 members (excludes halogenated alkanes) is 2. The molecule has 0 saturated carbocycles. The van der Waals surface area contributed by atoms with E-state index in [1.165, 1.54) is 9.80 Å². The van der Waals surface area contributed by atoms with E-state index in [4.69, 9.17) is 35.5 Å². The molecule has 23 nitrogen and oxygen atoms in total. The van der Waals surface area contributed by atoms with Gasteiger partial charge in [-0.2, -0.15) is 0 Å². The SMILES string of the molecule is CCCCCC(NC(=O)C(N)C(C)OCc1ccccc1)C(=O)N1CCCC1C(=O)N1CCCC1C(=O)NC(CCCNC(N)=N[N+](=O)[O-])C(=O)OCc1ccccc1.CNCCOCCOCC(=O)O. The number of carbonyl (C=O) groups excluding carboxylic acids is 5. The van der Waals surface area contributed by atoms with Crippen molar-refractivity contribution in [3.8, 4) is 0 Å². The van der Waals surface area contributed by atoms with Crippen LogP contribution in [0.15, 0.2) is 65.8 Å². The molecule has 23 heteroatoms. The van der Waals surface area contributed by atoms with Crippen LogP contribution in [0.5, 0.6) is 0 Å².